The third-order valence-corrected chi connectivity index (χ3v) is 2.48. The third-order valence-electron chi connectivity index (χ3n) is 1.53. The van der Waals surface area contributed by atoms with Crippen LogP contribution in [0.25, 0.3) is 10.2 Å². The van der Waals surface area contributed by atoms with Crippen molar-refractivity contribution in [2.45, 2.75) is 20.3 Å². The molecule has 16 heavy (non-hydrogen) atoms. The van der Waals surface area contributed by atoms with Crippen molar-refractivity contribution in [1.82, 2.24) is 4.98 Å². The van der Waals surface area contributed by atoms with Gasteiger partial charge in [-0.25, -0.2) is 9.37 Å². The molecule has 0 aliphatic carbocycles. The second-order valence-corrected chi connectivity index (χ2v) is 4.13. The van der Waals surface area contributed by atoms with Crippen LogP contribution in [0.2, 0.25) is 0 Å². The molecule has 1 aromatic carbocycles. The predicted octanol–water partition coefficient (Wildman–Crippen LogP) is 3.42. The molecule has 0 aliphatic rings. The zero-order valence-corrected chi connectivity index (χ0v) is 9.97. The second-order valence-electron chi connectivity index (χ2n) is 3.10. The molecule has 1 heterocycles. The first-order valence-electron chi connectivity index (χ1n) is 4.97. The van der Waals surface area contributed by atoms with Gasteiger partial charge in [-0.05, 0) is 18.2 Å². The summed E-state index contributed by atoms with van der Waals surface area (Å²) in [6, 6.07) is 4.31. The number of carbonyl (C=O) groups excluding carboxylic acids is 1. The molecule has 0 saturated carbocycles. The topological polar surface area (TPSA) is 42.0 Å². The van der Waals surface area contributed by atoms with Gasteiger partial charge < -0.3 is 5.32 Å². The minimum atomic E-state index is -0.297. The van der Waals surface area contributed by atoms with Gasteiger partial charge in [0.2, 0.25) is 6.41 Å². The van der Waals surface area contributed by atoms with Crippen molar-refractivity contribution >= 4 is 33.1 Å². The molecule has 0 saturated heterocycles. The fourth-order valence-corrected chi connectivity index (χ4v) is 1.86. The molecule has 1 aromatic heterocycles. The van der Waals surface area contributed by atoms with Crippen molar-refractivity contribution in [2.75, 3.05) is 5.32 Å². The SMILES string of the molecule is CCC.O=CNc1nc2ccc(F)cc2s1. The van der Waals surface area contributed by atoms with Gasteiger partial charge in [0.25, 0.3) is 0 Å². The Morgan fingerprint density at radius 2 is 2.19 bits per heavy atom. The van der Waals surface area contributed by atoms with Gasteiger partial charge in [0.15, 0.2) is 5.13 Å². The molecule has 0 spiro atoms. The van der Waals surface area contributed by atoms with Crippen LogP contribution in [-0.2, 0) is 4.79 Å². The van der Waals surface area contributed by atoms with E-state index in [1.807, 2.05) is 0 Å². The van der Waals surface area contributed by atoms with E-state index in [0.717, 1.165) is 4.70 Å². The van der Waals surface area contributed by atoms with E-state index in [2.05, 4.69) is 24.1 Å². The molecular formula is C11H13FN2OS. The van der Waals surface area contributed by atoms with E-state index >= 15 is 0 Å². The number of thiazole rings is 1. The largest absolute Gasteiger partial charge is 0.305 e. The van der Waals surface area contributed by atoms with Gasteiger partial charge in [-0.2, -0.15) is 0 Å². The fourth-order valence-electron chi connectivity index (χ4n) is 1.01. The number of halogens is 1. The number of aromatic nitrogens is 1. The highest BCUT2D eigenvalue weighted by molar-refractivity contribution is 7.22. The molecule has 2 rings (SSSR count). The van der Waals surface area contributed by atoms with Crippen molar-refractivity contribution in [2.24, 2.45) is 0 Å². The van der Waals surface area contributed by atoms with Crippen molar-refractivity contribution in [3.8, 4) is 0 Å². The maximum Gasteiger partial charge on any atom is 0.213 e. The predicted molar refractivity (Wildman–Crippen MR) is 65.2 cm³/mol. The molecule has 0 radical (unpaired) electrons. The average molecular weight is 240 g/mol. The number of carbonyl (C=O) groups is 1. The molecular weight excluding hydrogens is 227 g/mol. The number of amides is 1. The molecule has 0 fully saturated rings. The van der Waals surface area contributed by atoms with Crippen LogP contribution in [0.5, 0.6) is 0 Å². The summed E-state index contributed by atoms with van der Waals surface area (Å²) in [5, 5.41) is 2.90. The number of hydrogen-bond donors (Lipinski definition) is 1. The van der Waals surface area contributed by atoms with Crippen LogP contribution in [0.4, 0.5) is 9.52 Å². The Kier molecular flexibility index (Phi) is 4.85. The quantitative estimate of drug-likeness (QED) is 0.817. The lowest BCUT2D eigenvalue weighted by atomic mass is 10.3. The summed E-state index contributed by atoms with van der Waals surface area (Å²) in [5.41, 5.74) is 0.691. The van der Waals surface area contributed by atoms with Gasteiger partial charge in [-0.3, -0.25) is 4.79 Å². The number of benzene rings is 1. The van der Waals surface area contributed by atoms with E-state index in [4.69, 9.17) is 0 Å². The number of anilines is 1. The van der Waals surface area contributed by atoms with Gasteiger partial charge in [0, 0.05) is 0 Å². The van der Waals surface area contributed by atoms with Crippen LogP contribution >= 0.6 is 11.3 Å². The number of nitrogens with zero attached hydrogens (tertiary/aromatic N) is 1. The first-order valence-corrected chi connectivity index (χ1v) is 5.79. The monoisotopic (exact) mass is 240 g/mol. The summed E-state index contributed by atoms with van der Waals surface area (Å²) in [6.45, 7) is 4.25. The van der Waals surface area contributed by atoms with E-state index in [1.54, 1.807) is 6.07 Å². The van der Waals surface area contributed by atoms with Crippen LogP contribution in [0, 0.1) is 5.82 Å². The summed E-state index contributed by atoms with van der Waals surface area (Å²) >= 11 is 1.24. The lowest BCUT2D eigenvalue weighted by Crippen LogP contribution is -1.91. The molecule has 2 aromatic rings. The Bertz CT molecular complexity index is 470. The molecule has 1 N–H and O–H groups in total. The van der Waals surface area contributed by atoms with Crippen molar-refractivity contribution < 1.29 is 9.18 Å². The highest BCUT2D eigenvalue weighted by Crippen LogP contribution is 2.25. The molecule has 0 aliphatic heterocycles. The molecule has 0 bridgehead atoms. The molecule has 3 nitrogen and oxygen atoms in total. The van der Waals surface area contributed by atoms with E-state index in [0.29, 0.717) is 17.1 Å². The lowest BCUT2D eigenvalue weighted by molar-refractivity contribution is -0.105. The first-order chi connectivity index (χ1) is 7.71. The maximum atomic E-state index is 12.7. The van der Waals surface area contributed by atoms with E-state index in [-0.39, 0.29) is 5.82 Å². The molecule has 0 atom stereocenters. The average Bonchev–Trinajstić information content (AvgIpc) is 2.61. The molecule has 5 heteroatoms. The van der Waals surface area contributed by atoms with Crippen LogP contribution in [0.15, 0.2) is 18.2 Å². The van der Waals surface area contributed by atoms with Crippen LogP contribution in [-0.4, -0.2) is 11.4 Å². The van der Waals surface area contributed by atoms with Gasteiger partial charge in [-0.15, -0.1) is 0 Å². The Balaban J connectivity index is 0.000000386. The third kappa shape index (κ3) is 3.27. The summed E-state index contributed by atoms with van der Waals surface area (Å²) in [7, 11) is 0. The Morgan fingerprint density at radius 3 is 2.81 bits per heavy atom. The summed E-state index contributed by atoms with van der Waals surface area (Å²) in [6.07, 6.45) is 1.80. The zero-order valence-electron chi connectivity index (χ0n) is 9.16. The summed E-state index contributed by atoms with van der Waals surface area (Å²) in [5.74, 6) is -0.297. The minimum Gasteiger partial charge on any atom is -0.305 e. The summed E-state index contributed by atoms with van der Waals surface area (Å²) < 4.78 is 13.4. The molecule has 1 amide bonds. The highest BCUT2D eigenvalue weighted by atomic mass is 32.1. The minimum absolute atomic E-state index is 0.297. The smallest absolute Gasteiger partial charge is 0.213 e. The van der Waals surface area contributed by atoms with Crippen molar-refractivity contribution in [3.05, 3.63) is 24.0 Å². The van der Waals surface area contributed by atoms with Gasteiger partial charge in [0.1, 0.15) is 5.82 Å². The first kappa shape index (κ1) is 12.6. The standard InChI is InChI=1S/C8H5FN2OS.C3H8/c9-5-1-2-6-7(3-5)13-8(11-6)10-4-12;1-3-2/h1-4H,(H,10,11,12);3H2,1-2H3. The lowest BCUT2D eigenvalue weighted by Gasteiger charge is -1.85. The zero-order chi connectivity index (χ0) is 12.0. The van der Waals surface area contributed by atoms with Gasteiger partial charge >= 0.3 is 0 Å². The van der Waals surface area contributed by atoms with E-state index in [1.165, 1.54) is 29.9 Å². The Hall–Kier alpha value is -1.49. The molecule has 86 valence electrons. The van der Waals surface area contributed by atoms with Crippen LogP contribution in [0.1, 0.15) is 20.3 Å². The number of fused-ring (bicyclic) bond motifs is 1. The summed E-state index contributed by atoms with van der Waals surface area (Å²) in [4.78, 5) is 14.2. The number of rotatable bonds is 2. The van der Waals surface area contributed by atoms with Crippen LogP contribution in [0.3, 0.4) is 0 Å². The van der Waals surface area contributed by atoms with Crippen molar-refractivity contribution in [1.29, 1.82) is 0 Å². The van der Waals surface area contributed by atoms with Gasteiger partial charge in [0.05, 0.1) is 10.2 Å². The number of nitrogens with one attached hydrogen (secondary N) is 1. The maximum absolute atomic E-state index is 12.7. The Morgan fingerprint density at radius 1 is 1.50 bits per heavy atom. The van der Waals surface area contributed by atoms with Gasteiger partial charge in [-0.1, -0.05) is 31.6 Å². The van der Waals surface area contributed by atoms with E-state index in [9.17, 15) is 9.18 Å². The van der Waals surface area contributed by atoms with Crippen LogP contribution < -0.4 is 5.32 Å². The molecule has 0 unspecified atom stereocenters. The second kappa shape index (κ2) is 6.17. The van der Waals surface area contributed by atoms with E-state index < -0.39 is 0 Å². The normalized spacial score (nSPS) is 9.44. The van der Waals surface area contributed by atoms with Crippen molar-refractivity contribution in [3.63, 3.8) is 0 Å². The highest BCUT2D eigenvalue weighted by Gasteiger charge is 2.03. The fraction of sp³-hybridized carbons (Fsp3) is 0.273. The number of hydrogen-bond acceptors (Lipinski definition) is 3. The Labute approximate surface area is 97.3 Å².